The number of aromatic nitrogens is 5. The van der Waals surface area contributed by atoms with Gasteiger partial charge in [0, 0.05) is 5.56 Å². The van der Waals surface area contributed by atoms with Gasteiger partial charge in [-0.3, -0.25) is 0 Å². The largest absolute Gasteiger partial charge is 0.383 e. The summed E-state index contributed by atoms with van der Waals surface area (Å²) in [6, 6.07) is 7.75. The maximum absolute atomic E-state index is 5.96. The Morgan fingerprint density at radius 1 is 1.16 bits per heavy atom. The van der Waals surface area contributed by atoms with Gasteiger partial charge in [-0.1, -0.05) is 31.2 Å². The molecular weight excluding hydrogens is 240 g/mol. The average molecular weight is 254 g/mol. The van der Waals surface area contributed by atoms with E-state index in [9.17, 15) is 0 Å². The lowest BCUT2D eigenvalue weighted by Crippen LogP contribution is -2.10. The van der Waals surface area contributed by atoms with Gasteiger partial charge in [0.05, 0.1) is 5.52 Å². The second kappa shape index (κ2) is 4.31. The number of anilines is 1. The van der Waals surface area contributed by atoms with Crippen LogP contribution in [-0.2, 0) is 0 Å². The van der Waals surface area contributed by atoms with E-state index in [1.165, 1.54) is 6.33 Å². The lowest BCUT2D eigenvalue weighted by molar-refractivity contribution is 0.757. The molecule has 0 aliphatic rings. The summed E-state index contributed by atoms with van der Waals surface area (Å²) in [6.45, 7) is 4.11. The average Bonchev–Trinajstić information content (AvgIpc) is 2.81. The van der Waals surface area contributed by atoms with Gasteiger partial charge in [0.2, 0.25) is 0 Å². The zero-order chi connectivity index (χ0) is 13.4. The van der Waals surface area contributed by atoms with Gasteiger partial charge in [-0.15, -0.1) is 5.10 Å². The van der Waals surface area contributed by atoms with Gasteiger partial charge in [0.25, 0.3) is 0 Å². The van der Waals surface area contributed by atoms with Crippen LogP contribution in [0.5, 0.6) is 0 Å². The summed E-state index contributed by atoms with van der Waals surface area (Å²) in [5, 5.41) is 8.31. The van der Waals surface area contributed by atoms with Crippen molar-refractivity contribution >= 4 is 16.9 Å². The zero-order valence-electron chi connectivity index (χ0n) is 10.8. The van der Waals surface area contributed by atoms with Crippen molar-refractivity contribution in [2.45, 2.75) is 19.8 Å². The number of hydrogen-bond donors (Lipinski definition) is 1. The maximum Gasteiger partial charge on any atom is 0.164 e. The van der Waals surface area contributed by atoms with E-state index in [0.717, 1.165) is 16.6 Å². The first kappa shape index (κ1) is 11.6. The van der Waals surface area contributed by atoms with Crippen LogP contribution in [0.1, 0.15) is 25.3 Å². The highest BCUT2D eigenvalue weighted by Crippen LogP contribution is 2.26. The Morgan fingerprint density at radius 2 is 1.95 bits per heavy atom. The van der Waals surface area contributed by atoms with E-state index < -0.39 is 0 Å². The van der Waals surface area contributed by atoms with Gasteiger partial charge in [0.1, 0.15) is 17.7 Å². The molecule has 2 heterocycles. The van der Waals surface area contributed by atoms with Gasteiger partial charge in [-0.2, -0.15) is 4.68 Å². The molecule has 0 aliphatic heterocycles. The van der Waals surface area contributed by atoms with E-state index in [0.29, 0.717) is 11.6 Å². The number of nitrogens with two attached hydrogens (primary N) is 1. The van der Waals surface area contributed by atoms with Crippen LogP contribution in [0, 0.1) is 0 Å². The number of nitrogen functional groups attached to an aromatic ring is 1. The molecule has 3 rings (SSSR count). The number of hydrogen-bond acceptors (Lipinski definition) is 5. The molecule has 0 fully saturated rings. The molecule has 0 saturated carbocycles. The molecule has 0 atom stereocenters. The quantitative estimate of drug-likeness (QED) is 0.755. The van der Waals surface area contributed by atoms with Gasteiger partial charge in [-0.25, -0.2) is 9.97 Å². The number of benzene rings is 1. The number of para-hydroxylation sites is 1. The first-order valence-electron chi connectivity index (χ1n) is 6.09. The summed E-state index contributed by atoms with van der Waals surface area (Å²) in [4.78, 5) is 8.38. The van der Waals surface area contributed by atoms with Crippen molar-refractivity contribution in [2.24, 2.45) is 0 Å². The normalized spacial score (nSPS) is 11.3. The van der Waals surface area contributed by atoms with E-state index in [2.05, 4.69) is 34.1 Å². The fourth-order valence-corrected chi connectivity index (χ4v) is 2.15. The Labute approximate surface area is 110 Å². The SMILES string of the molecule is CC(C)c1c(N)ncnc1-n1nnc2ccccc21. The van der Waals surface area contributed by atoms with Crippen molar-refractivity contribution < 1.29 is 0 Å². The minimum absolute atomic E-state index is 0.208. The van der Waals surface area contributed by atoms with Crippen LogP contribution in [-0.4, -0.2) is 25.0 Å². The summed E-state index contributed by atoms with van der Waals surface area (Å²) in [5.41, 5.74) is 8.58. The van der Waals surface area contributed by atoms with E-state index >= 15 is 0 Å². The summed E-state index contributed by atoms with van der Waals surface area (Å²) < 4.78 is 1.71. The fraction of sp³-hybridized carbons (Fsp3) is 0.231. The van der Waals surface area contributed by atoms with Gasteiger partial charge in [0.15, 0.2) is 5.82 Å². The first-order chi connectivity index (χ1) is 9.18. The molecule has 96 valence electrons. The Morgan fingerprint density at radius 3 is 2.74 bits per heavy atom. The molecule has 19 heavy (non-hydrogen) atoms. The third-order valence-electron chi connectivity index (χ3n) is 3.02. The molecule has 0 spiro atoms. The van der Waals surface area contributed by atoms with E-state index in [1.54, 1.807) is 4.68 Å². The number of fused-ring (bicyclic) bond motifs is 1. The molecule has 1 aromatic carbocycles. The van der Waals surface area contributed by atoms with Crippen LogP contribution >= 0.6 is 0 Å². The van der Waals surface area contributed by atoms with Crippen LogP contribution in [0.25, 0.3) is 16.9 Å². The Balaban J connectivity index is 2.30. The minimum Gasteiger partial charge on any atom is -0.383 e. The lowest BCUT2D eigenvalue weighted by atomic mass is 10.0. The van der Waals surface area contributed by atoms with Crippen LogP contribution in [0.3, 0.4) is 0 Å². The molecule has 0 bridgehead atoms. The summed E-state index contributed by atoms with van der Waals surface area (Å²) in [5.74, 6) is 1.38. The predicted molar refractivity (Wildman–Crippen MR) is 73.0 cm³/mol. The highest BCUT2D eigenvalue weighted by atomic mass is 15.4. The molecule has 2 N–H and O–H groups in total. The Bertz CT molecular complexity index is 731. The van der Waals surface area contributed by atoms with Crippen molar-refractivity contribution in [3.8, 4) is 5.82 Å². The fourth-order valence-electron chi connectivity index (χ4n) is 2.15. The van der Waals surface area contributed by atoms with Crippen molar-refractivity contribution in [3.63, 3.8) is 0 Å². The van der Waals surface area contributed by atoms with Crippen LogP contribution in [0.15, 0.2) is 30.6 Å². The second-order valence-electron chi connectivity index (χ2n) is 4.64. The van der Waals surface area contributed by atoms with Gasteiger partial charge in [-0.05, 0) is 18.1 Å². The molecule has 6 heteroatoms. The van der Waals surface area contributed by atoms with Crippen molar-refractivity contribution in [3.05, 3.63) is 36.2 Å². The predicted octanol–water partition coefficient (Wildman–Crippen LogP) is 1.92. The van der Waals surface area contributed by atoms with Crippen LogP contribution in [0.2, 0.25) is 0 Å². The topological polar surface area (TPSA) is 82.5 Å². The molecular formula is C13H14N6. The van der Waals surface area contributed by atoms with Crippen LogP contribution in [0.4, 0.5) is 5.82 Å². The summed E-state index contributed by atoms with van der Waals surface area (Å²) in [7, 11) is 0. The first-order valence-corrected chi connectivity index (χ1v) is 6.09. The lowest BCUT2D eigenvalue weighted by Gasteiger charge is -2.13. The zero-order valence-corrected chi connectivity index (χ0v) is 10.8. The minimum atomic E-state index is 0.208. The molecule has 6 nitrogen and oxygen atoms in total. The highest BCUT2D eigenvalue weighted by Gasteiger charge is 2.17. The van der Waals surface area contributed by atoms with Crippen molar-refractivity contribution in [2.75, 3.05) is 5.73 Å². The molecule has 0 unspecified atom stereocenters. The van der Waals surface area contributed by atoms with E-state index in [4.69, 9.17) is 5.73 Å². The Kier molecular flexibility index (Phi) is 2.63. The number of rotatable bonds is 2. The summed E-state index contributed by atoms with van der Waals surface area (Å²) >= 11 is 0. The smallest absolute Gasteiger partial charge is 0.164 e. The molecule has 0 saturated heterocycles. The monoisotopic (exact) mass is 254 g/mol. The summed E-state index contributed by atoms with van der Waals surface area (Å²) in [6.07, 6.45) is 1.45. The third kappa shape index (κ3) is 1.81. The standard InChI is InChI=1S/C13H14N6/c1-8(2)11-12(14)15-7-16-13(11)19-10-6-4-3-5-9(10)17-18-19/h3-8H,1-2H3,(H2,14,15,16). The van der Waals surface area contributed by atoms with Gasteiger partial charge < -0.3 is 5.73 Å². The van der Waals surface area contributed by atoms with E-state index in [-0.39, 0.29) is 5.92 Å². The van der Waals surface area contributed by atoms with Gasteiger partial charge >= 0.3 is 0 Å². The molecule has 2 aromatic heterocycles. The molecule has 0 radical (unpaired) electrons. The van der Waals surface area contributed by atoms with Crippen LogP contribution < -0.4 is 5.73 Å². The Hall–Kier alpha value is -2.50. The van der Waals surface area contributed by atoms with Crippen molar-refractivity contribution in [1.29, 1.82) is 0 Å². The molecule has 0 amide bonds. The molecule has 0 aliphatic carbocycles. The van der Waals surface area contributed by atoms with Crippen molar-refractivity contribution in [1.82, 2.24) is 25.0 Å². The number of nitrogens with zero attached hydrogens (tertiary/aromatic N) is 5. The second-order valence-corrected chi connectivity index (χ2v) is 4.64. The third-order valence-corrected chi connectivity index (χ3v) is 3.02. The maximum atomic E-state index is 5.96. The highest BCUT2D eigenvalue weighted by molar-refractivity contribution is 5.76. The van der Waals surface area contributed by atoms with E-state index in [1.807, 2.05) is 24.3 Å². The molecule has 3 aromatic rings.